The molecule has 2 aliphatic heterocycles. The van der Waals surface area contributed by atoms with Crippen molar-refractivity contribution in [1.82, 2.24) is 0 Å². The fraction of sp³-hybridized carbons (Fsp3) is 0.368. The Labute approximate surface area is 143 Å². The van der Waals surface area contributed by atoms with E-state index in [-0.39, 0.29) is 11.2 Å². The summed E-state index contributed by atoms with van der Waals surface area (Å²) >= 11 is 0. The van der Waals surface area contributed by atoms with Crippen LogP contribution < -0.4 is 15.1 Å². The van der Waals surface area contributed by atoms with Crippen LogP contribution in [0.25, 0.3) is 0 Å². The maximum atomic E-state index is 6.23. The third-order valence-electron chi connectivity index (χ3n) is 5.33. The van der Waals surface area contributed by atoms with E-state index in [0.717, 1.165) is 28.3 Å². The van der Waals surface area contributed by atoms with Gasteiger partial charge in [-0.25, -0.2) is 0 Å². The van der Waals surface area contributed by atoms with Gasteiger partial charge in [-0.05, 0) is 45.9 Å². The zero-order valence-electron chi connectivity index (χ0n) is 14.8. The second kappa shape index (κ2) is 5.01. The molecule has 2 aromatic rings. The number of hydrogen-bond acceptors (Lipinski definition) is 4. The molecular formula is C19H22BNO3. The van der Waals surface area contributed by atoms with E-state index in [4.69, 9.17) is 14.0 Å². The first-order chi connectivity index (χ1) is 11.3. The van der Waals surface area contributed by atoms with Gasteiger partial charge in [0.15, 0.2) is 11.5 Å². The van der Waals surface area contributed by atoms with Crippen molar-refractivity contribution < 1.29 is 14.0 Å². The van der Waals surface area contributed by atoms with E-state index in [0.29, 0.717) is 0 Å². The summed E-state index contributed by atoms with van der Waals surface area (Å²) in [6.45, 7) is 8.24. The molecule has 2 aromatic carbocycles. The van der Waals surface area contributed by atoms with Gasteiger partial charge in [-0.15, -0.1) is 0 Å². The Balaban J connectivity index is 1.78. The standard InChI is InChI=1S/C19H22BNO3/c1-18(2)19(3,4)24-20(23-18)13-9-8-11-15-17(13)22-16-12-7-6-10-14(16)21(15)5/h6-12H,1-5H3. The van der Waals surface area contributed by atoms with Crippen molar-refractivity contribution in [2.45, 2.75) is 38.9 Å². The van der Waals surface area contributed by atoms with E-state index in [1.165, 1.54) is 0 Å². The van der Waals surface area contributed by atoms with Crippen molar-refractivity contribution in [3.63, 3.8) is 0 Å². The number of fused-ring (bicyclic) bond motifs is 2. The average molecular weight is 323 g/mol. The molecule has 1 fully saturated rings. The maximum absolute atomic E-state index is 6.23. The van der Waals surface area contributed by atoms with Gasteiger partial charge in [0.1, 0.15) is 0 Å². The number of para-hydroxylation sites is 3. The molecule has 0 aliphatic carbocycles. The van der Waals surface area contributed by atoms with Crippen LogP contribution in [0, 0.1) is 0 Å². The monoisotopic (exact) mass is 323 g/mol. The number of anilines is 2. The summed E-state index contributed by atoms with van der Waals surface area (Å²) in [7, 11) is 1.61. The van der Waals surface area contributed by atoms with E-state index in [2.05, 4.69) is 44.7 Å². The first-order valence-corrected chi connectivity index (χ1v) is 8.29. The molecule has 0 aromatic heterocycles. The molecule has 0 amide bonds. The molecule has 124 valence electrons. The van der Waals surface area contributed by atoms with Gasteiger partial charge in [-0.3, -0.25) is 0 Å². The van der Waals surface area contributed by atoms with Crippen molar-refractivity contribution in [1.29, 1.82) is 0 Å². The zero-order valence-corrected chi connectivity index (χ0v) is 14.8. The SMILES string of the molecule is CN1c2ccccc2Oc2c(B3OC(C)(C)C(C)(C)O3)cccc21. The molecule has 2 heterocycles. The van der Waals surface area contributed by atoms with Gasteiger partial charge < -0.3 is 18.9 Å². The molecule has 0 atom stereocenters. The highest BCUT2D eigenvalue weighted by atomic mass is 16.7. The molecule has 0 unspecified atom stereocenters. The van der Waals surface area contributed by atoms with Gasteiger partial charge in [0, 0.05) is 12.5 Å². The third-order valence-corrected chi connectivity index (χ3v) is 5.33. The predicted molar refractivity (Wildman–Crippen MR) is 96.7 cm³/mol. The first kappa shape index (κ1) is 15.5. The quantitative estimate of drug-likeness (QED) is 0.746. The Hall–Kier alpha value is -1.98. The molecular weight excluding hydrogens is 301 g/mol. The van der Waals surface area contributed by atoms with Crippen LogP contribution in [-0.4, -0.2) is 25.4 Å². The van der Waals surface area contributed by atoms with E-state index in [1.807, 2.05) is 37.4 Å². The van der Waals surface area contributed by atoms with Crippen molar-refractivity contribution in [2.24, 2.45) is 0 Å². The average Bonchev–Trinajstić information content (AvgIpc) is 2.75. The highest BCUT2D eigenvalue weighted by Gasteiger charge is 2.53. The summed E-state index contributed by atoms with van der Waals surface area (Å²) in [5, 5.41) is 0. The van der Waals surface area contributed by atoms with Gasteiger partial charge in [-0.2, -0.15) is 0 Å². The van der Waals surface area contributed by atoms with Gasteiger partial charge in [-0.1, -0.05) is 24.3 Å². The third kappa shape index (κ3) is 2.15. The van der Waals surface area contributed by atoms with E-state index in [9.17, 15) is 0 Å². The second-order valence-corrected chi connectivity index (χ2v) is 7.41. The van der Waals surface area contributed by atoms with Crippen molar-refractivity contribution in [3.8, 4) is 11.5 Å². The number of hydrogen-bond donors (Lipinski definition) is 0. The molecule has 0 spiro atoms. The van der Waals surface area contributed by atoms with Crippen LogP contribution >= 0.6 is 0 Å². The van der Waals surface area contributed by atoms with Gasteiger partial charge in [0.25, 0.3) is 0 Å². The predicted octanol–water partition coefficient (Wildman–Crippen LogP) is 3.86. The number of rotatable bonds is 1. The van der Waals surface area contributed by atoms with Crippen LogP contribution in [0.5, 0.6) is 11.5 Å². The first-order valence-electron chi connectivity index (χ1n) is 8.29. The second-order valence-electron chi connectivity index (χ2n) is 7.41. The maximum Gasteiger partial charge on any atom is 0.498 e. The van der Waals surface area contributed by atoms with Crippen molar-refractivity contribution in [3.05, 3.63) is 42.5 Å². The normalized spacial score (nSPS) is 20.4. The lowest BCUT2D eigenvalue weighted by Gasteiger charge is -2.32. The zero-order chi connectivity index (χ0) is 17.1. The van der Waals surface area contributed by atoms with Gasteiger partial charge in [0.05, 0.1) is 22.6 Å². The van der Waals surface area contributed by atoms with Gasteiger partial charge >= 0.3 is 7.12 Å². The Morgan fingerprint density at radius 3 is 2.17 bits per heavy atom. The lowest BCUT2D eigenvalue weighted by atomic mass is 9.77. The minimum absolute atomic E-state index is 0.376. The van der Waals surface area contributed by atoms with Crippen LogP contribution in [0.1, 0.15) is 27.7 Å². The lowest BCUT2D eigenvalue weighted by molar-refractivity contribution is 0.00578. The Morgan fingerprint density at radius 2 is 1.46 bits per heavy atom. The summed E-state index contributed by atoms with van der Waals surface area (Å²) in [6, 6.07) is 14.1. The molecule has 0 saturated carbocycles. The smallest absolute Gasteiger partial charge is 0.453 e. The number of ether oxygens (including phenoxy) is 1. The fourth-order valence-corrected chi connectivity index (χ4v) is 3.13. The van der Waals surface area contributed by atoms with Crippen LogP contribution in [0.15, 0.2) is 42.5 Å². The summed E-state index contributed by atoms with van der Waals surface area (Å²) in [4.78, 5) is 2.14. The van der Waals surface area contributed by atoms with E-state index < -0.39 is 7.12 Å². The highest BCUT2D eigenvalue weighted by molar-refractivity contribution is 6.63. The molecule has 0 radical (unpaired) electrons. The Kier molecular flexibility index (Phi) is 3.24. The summed E-state index contributed by atoms with van der Waals surface area (Å²) < 4.78 is 18.7. The number of benzene rings is 2. The topological polar surface area (TPSA) is 30.9 Å². The summed E-state index contributed by atoms with van der Waals surface area (Å²) in [5.41, 5.74) is 2.24. The summed E-state index contributed by atoms with van der Waals surface area (Å²) in [6.07, 6.45) is 0. The molecule has 0 bridgehead atoms. The van der Waals surface area contributed by atoms with Crippen LogP contribution in [-0.2, 0) is 9.31 Å². The minimum Gasteiger partial charge on any atom is -0.453 e. The van der Waals surface area contributed by atoms with Crippen LogP contribution in [0.3, 0.4) is 0 Å². The Bertz CT molecular complexity index is 787. The molecule has 24 heavy (non-hydrogen) atoms. The van der Waals surface area contributed by atoms with E-state index in [1.54, 1.807) is 0 Å². The van der Waals surface area contributed by atoms with Crippen LogP contribution in [0.4, 0.5) is 11.4 Å². The molecule has 1 saturated heterocycles. The fourth-order valence-electron chi connectivity index (χ4n) is 3.13. The molecule has 0 N–H and O–H groups in total. The molecule has 4 rings (SSSR count). The molecule has 4 nitrogen and oxygen atoms in total. The van der Waals surface area contributed by atoms with Crippen molar-refractivity contribution >= 4 is 24.0 Å². The lowest BCUT2D eigenvalue weighted by Crippen LogP contribution is -2.41. The largest absolute Gasteiger partial charge is 0.498 e. The minimum atomic E-state index is -0.441. The van der Waals surface area contributed by atoms with Gasteiger partial charge in [0.2, 0.25) is 0 Å². The molecule has 2 aliphatic rings. The van der Waals surface area contributed by atoms with Crippen molar-refractivity contribution in [2.75, 3.05) is 11.9 Å². The van der Waals surface area contributed by atoms with Crippen LogP contribution in [0.2, 0.25) is 0 Å². The highest BCUT2D eigenvalue weighted by Crippen LogP contribution is 2.46. The summed E-state index contributed by atoms with van der Waals surface area (Å²) in [5.74, 6) is 1.65. The van der Waals surface area contributed by atoms with E-state index >= 15 is 0 Å². The number of nitrogens with zero attached hydrogens (tertiary/aromatic N) is 1. The Morgan fingerprint density at radius 1 is 0.833 bits per heavy atom. The molecule has 5 heteroatoms.